The zero-order valence-corrected chi connectivity index (χ0v) is 7.77. The molecule has 2 rings (SSSR count). The quantitative estimate of drug-likeness (QED) is 0.641. The third-order valence-corrected chi connectivity index (χ3v) is 2.01. The molecule has 5 nitrogen and oxygen atoms in total. The Morgan fingerprint density at radius 1 is 1.27 bits per heavy atom. The summed E-state index contributed by atoms with van der Waals surface area (Å²) in [6, 6.07) is 9.32. The highest BCUT2D eigenvalue weighted by molar-refractivity contribution is 5.73. The van der Waals surface area contributed by atoms with Crippen molar-refractivity contribution in [2.75, 3.05) is 5.48 Å². The maximum Gasteiger partial charge on any atom is 0.346 e. The molecule has 0 amide bonds. The Kier molecular flexibility index (Phi) is 2.47. The molecule has 0 aliphatic rings. The second kappa shape index (κ2) is 3.93. The fourth-order valence-corrected chi connectivity index (χ4v) is 1.32. The van der Waals surface area contributed by atoms with Gasteiger partial charge in [-0.05, 0) is 5.56 Å². The highest BCUT2D eigenvalue weighted by Crippen LogP contribution is 2.22. The third kappa shape index (κ3) is 1.87. The van der Waals surface area contributed by atoms with Crippen molar-refractivity contribution >= 4 is 5.82 Å². The highest BCUT2D eigenvalue weighted by Gasteiger charge is 2.05. The van der Waals surface area contributed by atoms with Gasteiger partial charge in [-0.15, -0.1) is 0 Å². The van der Waals surface area contributed by atoms with Crippen molar-refractivity contribution in [1.82, 2.24) is 9.97 Å². The summed E-state index contributed by atoms with van der Waals surface area (Å²) < 4.78 is 0. The molecule has 0 atom stereocenters. The summed E-state index contributed by atoms with van der Waals surface area (Å²) in [6.45, 7) is 0. The molecular weight excluding hydrogens is 194 g/mol. The Morgan fingerprint density at radius 3 is 2.67 bits per heavy atom. The molecule has 0 saturated heterocycles. The van der Waals surface area contributed by atoms with Crippen LogP contribution < -0.4 is 11.2 Å². The standard InChI is InChI=1S/C10H9N3O2/c14-10-11-6-8(9(12-10)13-15)7-4-2-1-3-5-7/h1-6,15H,(H2,11,12,13,14). The summed E-state index contributed by atoms with van der Waals surface area (Å²) in [5, 5.41) is 8.86. The van der Waals surface area contributed by atoms with Crippen molar-refractivity contribution in [2.45, 2.75) is 0 Å². The van der Waals surface area contributed by atoms with E-state index in [4.69, 9.17) is 5.21 Å². The van der Waals surface area contributed by atoms with Crippen molar-refractivity contribution in [3.05, 3.63) is 47.0 Å². The van der Waals surface area contributed by atoms with Crippen molar-refractivity contribution < 1.29 is 5.21 Å². The molecule has 0 radical (unpaired) electrons. The van der Waals surface area contributed by atoms with Crippen LogP contribution in [0.3, 0.4) is 0 Å². The van der Waals surface area contributed by atoms with E-state index in [1.807, 2.05) is 35.8 Å². The lowest BCUT2D eigenvalue weighted by molar-refractivity contribution is 0.386. The molecule has 5 heteroatoms. The number of hydrogen-bond acceptors (Lipinski definition) is 4. The predicted octanol–water partition coefficient (Wildman–Crippen LogP) is 1.24. The van der Waals surface area contributed by atoms with Crippen LogP contribution in [-0.4, -0.2) is 15.2 Å². The van der Waals surface area contributed by atoms with Gasteiger partial charge in [-0.1, -0.05) is 30.3 Å². The summed E-state index contributed by atoms with van der Waals surface area (Å²) >= 11 is 0. The second-order valence-corrected chi connectivity index (χ2v) is 2.95. The van der Waals surface area contributed by atoms with Crippen molar-refractivity contribution in [3.8, 4) is 11.1 Å². The van der Waals surface area contributed by atoms with Gasteiger partial charge in [0, 0.05) is 11.8 Å². The molecule has 0 bridgehead atoms. The average molecular weight is 203 g/mol. The molecule has 1 aromatic carbocycles. The van der Waals surface area contributed by atoms with Crippen LogP contribution in [0.2, 0.25) is 0 Å². The van der Waals surface area contributed by atoms with E-state index >= 15 is 0 Å². The van der Waals surface area contributed by atoms with E-state index in [-0.39, 0.29) is 5.82 Å². The summed E-state index contributed by atoms with van der Waals surface area (Å²) in [6.07, 6.45) is 1.41. The first-order valence-electron chi connectivity index (χ1n) is 4.36. The minimum Gasteiger partial charge on any atom is -0.290 e. The average Bonchev–Trinajstić information content (AvgIpc) is 2.30. The Hall–Kier alpha value is -2.14. The number of aromatic nitrogens is 2. The van der Waals surface area contributed by atoms with E-state index in [0.29, 0.717) is 5.56 Å². The van der Waals surface area contributed by atoms with Crippen molar-refractivity contribution in [2.24, 2.45) is 0 Å². The third-order valence-electron chi connectivity index (χ3n) is 2.01. The minimum atomic E-state index is -0.508. The monoisotopic (exact) mass is 203 g/mol. The topological polar surface area (TPSA) is 78.0 Å². The minimum absolute atomic E-state index is 0.237. The Balaban J connectivity index is 2.58. The number of rotatable bonds is 2. The van der Waals surface area contributed by atoms with Gasteiger partial charge < -0.3 is 0 Å². The Labute approximate surface area is 85.4 Å². The van der Waals surface area contributed by atoms with Gasteiger partial charge in [0.25, 0.3) is 0 Å². The maximum absolute atomic E-state index is 10.9. The van der Waals surface area contributed by atoms with E-state index in [9.17, 15) is 4.79 Å². The molecule has 0 saturated carbocycles. The van der Waals surface area contributed by atoms with Gasteiger partial charge in [-0.25, -0.2) is 9.78 Å². The van der Waals surface area contributed by atoms with Crippen LogP contribution >= 0.6 is 0 Å². The lowest BCUT2D eigenvalue weighted by Crippen LogP contribution is -2.12. The molecule has 3 N–H and O–H groups in total. The number of anilines is 1. The van der Waals surface area contributed by atoms with E-state index in [1.54, 1.807) is 0 Å². The first-order valence-corrected chi connectivity index (χ1v) is 4.36. The number of aromatic amines is 1. The molecule has 0 aliphatic heterocycles. The summed E-state index contributed by atoms with van der Waals surface area (Å²) in [5.74, 6) is 0.237. The maximum atomic E-state index is 10.9. The van der Waals surface area contributed by atoms with Gasteiger partial charge in [0.2, 0.25) is 0 Å². The SMILES string of the molecule is O=c1ncc(-c2ccccc2)c(NO)[nH]1. The lowest BCUT2D eigenvalue weighted by atomic mass is 10.1. The summed E-state index contributed by atoms with van der Waals surface area (Å²) in [4.78, 5) is 16.9. The first-order chi connectivity index (χ1) is 7.31. The normalized spacial score (nSPS) is 9.93. The molecule has 0 fully saturated rings. The largest absolute Gasteiger partial charge is 0.346 e. The second-order valence-electron chi connectivity index (χ2n) is 2.95. The van der Waals surface area contributed by atoms with Crippen LogP contribution in [-0.2, 0) is 0 Å². The van der Waals surface area contributed by atoms with Crippen LogP contribution in [0, 0.1) is 0 Å². The molecule has 1 aromatic heterocycles. The number of benzene rings is 1. The zero-order valence-electron chi connectivity index (χ0n) is 7.77. The number of hydrogen-bond donors (Lipinski definition) is 3. The van der Waals surface area contributed by atoms with Crippen LogP contribution in [0.15, 0.2) is 41.3 Å². The summed E-state index contributed by atoms with van der Waals surface area (Å²) in [5.41, 5.74) is 2.93. The lowest BCUT2D eigenvalue weighted by Gasteiger charge is -2.06. The van der Waals surface area contributed by atoms with Crippen molar-refractivity contribution in [3.63, 3.8) is 0 Å². The smallest absolute Gasteiger partial charge is 0.290 e. The predicted molar refractivity (Wildman–Crippen MR) is 55.7 cm³/mol. The molecule has 2 aromatic rings. The fourth-order valence-electron chi connectivity index (χ4n) is 1.32. The number of nitrogens with one attached hydrogen (secondary N) is 2. The van der Waals surface area contributed by atoms with Crippen LogP contribution in [0.5, 0.6) is 0 Å². The van der Waals surface area contributed by atoms with E-state index in [2.05, 4.69) is 9.97 Å². The Morgan fingerprint density at radius 2 is 2.00 bits per heavy atom. The van der Waals surface area contributed by atoms with Gasteiger partial charge >= 0.3 is 5.69 Å². The van der Waals surface area contributed by atoms with Crippen LogP contribution in [0.25, 0.3) is 11.1 Å². The van der Waals surface area contributed by atoms with Gasteiger partial charge in [-0.2, -0.15) is 0 Å². The zero-order chi connectivity index (χ0) is 10.7. The van der Waals surface area contributed by atoms with E-state index in [1.165, 1.54) is 6.20 Å². The highest BCUT2D eigenvalue weighted by atomic mass is 16.5. The van der Waals surface area contributed by atoms with Gasteiger partial charge in [-0.3, -0.25) is 15.7 Å². The van der Waals surface area contributed by atoms with Crippen LogP contribution in [0.4, 0.5) is 5.82 Å². The number of nitrogens with zero attached hydrogens (tertiary/aromatic N) is 1. The summed E-state index contributed by atoms with van der Waals surface area (Å²) in [7, 11) is 0. The van der Waals surface area contributed by atoms with Gasteiger partial charge in [0.05, 0.1) is 0 Å². The number of H-pyrrole nitrogens is 1. The van der Waals surface area contributed by atoms with E-state index in [0.717, 1.165) is 5.56 Å². The van der Waals surface area contributed by atoms with Gasteiger partial charge in [0.1, 0.15) is 5.82 Å². The molecule has 1 heterocycles. The van der Waals surface area contributed by atoms with Gasteiger partial charge in [0.15, 0.2) is 0 Å². The molecule has 0 aliphatic carbocycles. The van der Waals surface area contributed by atoms with Crippen LogP contribution in [0.1, 0.15) is 0 Å². The molecular formula is C10H9N3O2. The first kappa shape index (κ1) is 9.42. The Bertz CT molecular complexity index is 508. The van der Waals surface area contributed by atoms with Crippen molar-refractivity contribution in [1.29, 1.82) is 0 Å². The molecule has 76 valence electrons. The molecule has 15 heavy (non-hydrogen) atoms. The fraction of sp³-hybridized carbons (Fsp3) is 0. The molecule has 0 spiro atoms. The van der Waals surface area contributed by atoms with E-state index < -0.39 is 5.69 Å². The molecule has 0 unspecified atom stereocenters.